The summed E-state index contributed by atoms with van der Waals surface area (Å²) in [4.78, 5) is 0. The van der Waals surface area contributed by atoms with Crippen LogP contribution in [0.5, 0.6) is 0 Å². The third-order valence-corrected chi connectivity index (χ3v) is 3.99. The van der Waals surface area contributed by atoms with E-state index in [9.17, 15) is 8.78 Å². The zero-order chi connectivity index (χ0) is 22.3. The summed E-state index contributed by atoms with van der Waals surface area (Å²) in [6.45, 7) is 24.1. The van der Waals surface area contributed by atoms with E-state index >= 15 is 0 Å². The van der Waals surface area contributed by atoms with Gasteiger partial charge in [-0.25, -0.2) is 0 Å². The Labute approximate surface area is 169 Å². The number of hydrogen-bond acceptors (Lipinski definition) is 4. The molecule has 0 unspecified atom stereocenters. The summed E-state index contributed by atoms with van der Waals surface area (Å²) in [5.74, 6) is 2.47. The molecular formula is C22H38F2O4. The van der Waals surface area contributed by atoms with Crippen LogP contribution in [0.1, 0.15) is 83.1 Å². The van der Waals surface area contributed by atoms with Gasteiger partial charge in [0.15, 0.2) is 11.5 Å². The number of allylic oxidation sites excluding steroid dienone is 4. The maximum absolute atomic E-state index is 13.0. The first kappa shape index (κ1) is 24.6. The lowest BCUT2D eigenvalue weighted by atomic mass is 9.85. The summed E-state index contributed by atoms with van der Waals surface area (Å²) in [5, 5.41) is 0. The first-order valence-electron chi connectivity index (χ1n) is 9.68. The molecule has 2 aliphatic rings. The van der Waals surface area contributed by atoms with E-state index in [0.29, 0.717) is 6.79 Å². The first-order valence-corrected chi connectivity index (χ1v) is 9.68. The van der Waals surface area contributed by atoms with Gasteiger partial charge in [0, 0.05) is 21.7 Å². The molecule has 0 amide bonds. The highest BCUT2D eigenvalue weighted by Crippen LogP contribution is 2.47. The van der Waals surface area contributed by atoms with Crippen molar-refractivity contribution in [3.63, 3.8) is 0 Å². The van der Waals surface area contributed by atoms with Gasteiger partial charge in [-0.1, -0.05) is 83.1 Å². The molecule has 0 saturated heterocycles. The van der Waals surface area contributed by atoms with Crippen molar-refractivity contribution in [2.75, 3.05) is 6.79 Å². The minimum atomic E-state index is -3.52. The molecule has 0 saturated carbocycles. The van der Waals surface area contributed by atoms with Crippen LogP contribution in [-0.2, 0) is 18.9 Å². The van der Waals surface area contributed by atoms with Gasteiger partial charge in [0.1, 0.15) is 11.5 Å². The van der Waals surface area contributed by atoms with Crippen LogP contribution in [0.3, 0.4) is 0 Å². The van der Waals surface area contributed by atoms with E-state index in [2.05, 4.69) is 51.0 Å². The predicted molar refractivity (Wildman–Crippen MR) is 106 cm³/mol. The molecule has 4 nitrogen and oxygen atoms in total. The molecular weight excluding hydrogens is 366 g/mol. The van der Waals surface area contributed by atoms with Crippen molar-refractivity contribution in [2.24, 2.45) is 21.7 Å². The summed E-state index contributed by atoms with van der Waals surface area (Å²) in [6.07, 6.45) is -3.52. The maximum atomic E-state index is 13.0. The molecule has 0 radical (unpaired) electrons. The van der Waals surface area contributed by atoms with E-state index in [4.69, 9.17) is 9.47 Å². The van der Waals surface area contributed by atoms with Crippen LogP contribution in [0.4, 0.5) is 8.78 Å². The molecule has 0 aromatic heterocycles. The second kappa shape index (κ2) is 7.42. The van der Waals surface area contributed by atoms with Gasteiger partial charge in [0.25, 0.3) is 0 Å². The molecule has 0 fully saturated rings. The average Bonchev–Trinajstić information content (AvgIpc) is 3.00. The maximum Gasteiger partial charge on any atom is 0.585 e. The Hall–Kier alpha value is -1.46. The molecule has 0 N–H and O–H groups in total. The highest BCUT2D eigenvalue weighted by molar-refractivity contribution is 5.18. The SMILES string of the molecule is CC(C)(C)C1=C(C(C)(C)C)OC(F)(F)O1.CC(C)(C)C1=C(C(C)(C)C)OCO1. The van der Waals surface area contributed by atoms with Gasteiger partial charge < -0.3 is 18.9 Å². The zero-order valence-electron chi connectivity index (χ0n) is 19.6. The van der Waals surface area contributed by atoms with Crippen molar-refractivity contribution in [3.05, 3.63) is 23.0 Å². The second-order valence-corrected chi connectivity index (χ2v) is 11.4. The zero-order valence-corrected chi connectivity index (χ0v) is 19.6. The van der Waals surface area contributed by atoms with Crippen molar-refractivity contribution < 1.29 is 27.7 Å². The van der Waals surface area contributed by atoms with Crippen molar-refractivity contribution in [1.29, 1.82) is 0 Å². The topological polar surface area (TPSA) is 36.9 Å². The molecule has 0 aliphatic carbocycles. The fourth-order valence-electron chi connectivity index (χ4n) is 2.73. The number of hydrogen-bond donors (Lipinski definition) is 0. The van der Waals surface area contributed by atoms with Gasteiger partial charge in [-0.3, -0.25) is 0 Å². The average molecular weight is 405 g/mol. The number of halogens is 2. The van der Waals surface area contributed by atoms with Crippen LogP contribution >= 0.6 is 0 Å². The van der Waals surface area contributed by atoms with Gasteiger partial charge in [-0.15, -0.1) is 8.78 Å². The molecule has 28 heavy (non-hydrogen) atoms. The molecule has 2 heterocycles. The van der Waals surface area contributed by atoms with Gasteiger partial charge >= 0.3 is 6.29 Å². The summed E-state index contributed by atoms with van der Waals surface area (Å²) >= 11 is 0. The molecule has 0 bridgehead atoms. The minimum absolute atomic E-state index is 0.0408. The van der Waals surface area contributed by atoms with E-state index in [1.807, 2.05) is 41.5 Å². The van der Waals surface area contributed by atoms with Crippen LogP contribution in [-0.4, -0.2) is 13.1 Å². The van der Waals surface area contributed by atoms with Crippen molar-refractivity contribution >= 4 is 0 Å². The Balaban J connectivity index is 0.000000283. The van der Waals surface area contributed by atoms with E-state index < -0.39 is 17.1 Å². The molecule has 0 atom stereocenters. The molecule has 2 aliphatic heterocycles. The van der Waals surface area contributed by atoms with Gasteiger partial charge in [-0.05, 0) is 0 Å². The normalized spacial score (nSPS) is 20.1. The quantitative estimate of drug-likeness (QED) is 0.428. The monoisotopic (exact) mass is 404 g/mol. The smallest absolute Gasteiger partial charge is 0.458 e. The van der Waals surface area contributed by atoms with Crippen molar-refractivity contribution in [3.8, 4) is 0 Å². The Bertz CT molecular complexity index is 581. The lowest BCUT2D eigenvalue weighted by molar-refractivity contribution is -0.342. The summed E-state index contributed by atoms with van der Waals surface area (Å²) in [6, 6.07) is 0. The Morgan fingerprint density at radius 1 is 0.536 bits per heavy atom. The molecule has 0 aromatic carbocycles. The first-order chi connectivity index (χ1) is 12.2. The molecule has 6 heteroatoms. The highest BCUT2D eigenvalue weighted by Gasteiger charge is 2.51. The standard InChI is InChI=1S/C11H18F2O2.C11H20O2/c1-9(2,3)7-8(10(4,5)6)15-11(12,13)14-7;1-10(2,3)8-9(11(4,5)6)13-7-12-8/h1-6H3;7H2,1-6H3. The fraction of sp³-hybridized carbons (Fsp3) is 0.818. The summed E-state index contributed by atoms with van der Waals surface area (Å²) in [5.41, 5.74) is -0.886. The number of alkyl halides is 2. The van der Waals surface area contributed by atoms with Crippen LogP contribution in [0.2, 0.25) is 0 Å². The molecule has 0 spiro atoms. The second-order valence-electron chi connectivity index (χ2n) is 11.4. The summed E-state index contributed by atoms with van der Waals surface area (Å²) < 4.78 is 46.2. The molecule has 0 aromatic rings. The Morgan fingerprint density at radius 3 is 1.00 bits per heavy atom. The highest BCUT2D eigenvalue weighted by atomic mass is 19.3. The van der Waals surface area contributed by atoms with Gasteiger partial charge in [0.2, 0.25) is 6.79 Å². The molecule has 164 valence electrons. The predicted octanol–water partition coefficient (Wildman–Crippen LogP) is 7.18. The Kier molecular flexibility index (Phi) is 6.51. The van der Waals surface area contributed by atoms with Crippen molar-refractivity contribution in [2.45, 2.75) is 89.4 Å². The summed E-state index contributed by atoms with van der Waals surface area (Å²) in [7, 11) is 0. The third-order valence-electron chi connectivity index (χ3n) is 3.99. The van der Waals surface area contributed by atoms with Crippen molar-refractivity contribution in [1.82, 2.24) is 0 Å². The number of rotatable bonds is 0. The number of ether oxygens (including phenoxy) is 4. The van der Waals surface area contributed by atoms with E-state index in [0.717, 1.165) is 11.5 Å². The van der Waals surface area contributed by atoms with E-state index in [1.54, 1.807) is 0 Å². The van der Waals surface area contributed by atoms with Gasteiger partial charge in [0.05, 0.1) is 0 Å². The fourth-order valence-corrected chi connectivity index (χ4v) is 2.73. The van der Waals surface area contributed by atoms with E-state index in [1.165, 1.54) is 0 Å². The van der Waals surface area contributed by atoms with Gasteiger partial charge in [-0.2, -0.15) is 0 Å². The molecule has 2 rings (SSSR count). The lowest BCUT2D eigenvalue weighted by Gasteiger charge is -2.24. The minimum Gasteiger partial charge on any atom is -0.458 e. The van der Waals surface area contributed by atoms with Crippen LogP contribution < -0.4 is 0 Å². The Morgan fingerprint density at radius 2 is 0.786 bits per heavy atom. The van der Waals surface area contributed by atoms with E-state index in [-0.39, 0.29) is 22.3 Å². The van der Waals surface area contributed by atoms with Crippen LogP contribution in [0.25, 0.3) is 0 Å². The third kappa shape index (κ3) is 6.28. The van der Waals surface area contributed by atoms with Crippen LogP contribution in [0, 0.1) is 21.7 Å². The largest absolute Gasteiger partial charge is 0.585 e. The lowest BCUT2D eigenvalue weighted by Crippen LogP contribution is -2.20. The van der Waals surface area contributed by atoms with Crippen LogP contribution in [0.15, 0.2) is 23.0 Å².